The highest BCUT2D eigenvalue weighted by atomic mass is 32.1. The molecule has 0 spiro atoms. The third kappa shape index (κ3) is 5.34. The highest BCUT2D eigenvalue weighted by molar-refractivity contribution is 7.80. The van der Waals surface area contributed by atoms with Gasteiger partial charge < -0.3 is 19.4 Å². The predicted octanol–water partition coefficient (Wildman–Crippen LogP) is 4.98. The number of nitro groups is 1. The molecule has 0 atom stereocenters. The summed E-state index contributed by atoms with van der Waals surface area (Å²) in [6.45, 7) is 5.96. The first-order valence-corrected chi connectivity index (χ1v) is 12.4. The monoisotopic (exact) mass is 531 g/mol. The van der Waals surface area contributed by atoms with E-state index < -0.39 is 10.8 Å². The molecule has 0 unspecified atom stereocenters. The van der Waals surface area contributed by atoms with Crippen molar-refractivity contribution in [1.82, 2.24) is 10.3 Å². The van der Waals surface area contributed by atoms with Crippen LogP contribution in [0.25, 0.3) is 22.6 Å². The number of oxazole rings is 1. The molecule has 0 radical (unpaired) electrons. The molecule has 1 amide bonds. The lowest BCUT2D eigenvalue weighted by Gasteiger charge is -2.28. The van der Waals surface area contributed by atoms with Gasteiger partial charge in [-0.3, -0.25) is 20.2 Å². The number of hydrogen-bond acceptors (Lipinski definition) is 8. The number of fused-ring (bicyclic) bond motifs is 1. The summed E-state index contributed by atoms with van der Waals surface area (Å²) in [5.41, 5.74) is 5.29. The standard InChI is InChI=1S/C27H25N5O5S/c1-16-3-7-20-24(13-16)37-26(28-20)19-5-4-17(2)21(14-19)29-27(38)30-25(33)18-6-8-22(23(15-18)32(34)35)31-9-11-36-12-10-31/h3-8,13-15H,9-12H2,1-2H3,(H2,29,30,33,38). The van der Waals surface area contributed by atoms with Crippen LogP contribution in [0.3, 0.4) is 0 Å². The van der Waals surface area contributed by atoms with Crippen LogP contribution in [0.2, 0.25) is 0 Å². The summed E-state index contributed by atoms with van der Waals surface area (Å²) in [4.78, 5) is 30.6. The number of benzene rings is 3. The van der Waals surface area contributed by atoms with Crippen LogP contribution in [-0.4, -0.2) is 47.2 Å². The average Bonchev–Trinajstić information content (AvgIpc) is 3.33. The molecule has 3 aromatic carbocycles. The molecule has 0 aliphatic carbocycles. The molecule has 0 bridgehead atoms. The van der Waals surface area contributed by atoms with Crippen LogP contribution in [0.1, 0.15) is 21.5 Å². The van der Waals surface area contributed by atoms with Gasteiger partial charge in [0.05, 0.1) is 18.1 Å². The van der Waals surface area contributed by atoms with Gasteiger partial charge in [0.1, 0.15) is 11.2 Å². The number of rotatable bonds is 5. The number of carbonyl (C=O) groups excluding carboxylic acids is 1. The fourth-order valence-corrected chi connectivity index (χ4v) is 4.46. The highest BCUT2D eigenvalue weighted by Gasteiger charge is 2.23. The molecule has 1 fully saturated rings. The van der Waals surface area contributed by atoms with E-state index in [1.165, 1.54) is 6.07 Å². The molecule has 1 aliphatic heterocycles. The van der Waals surface area contributed by atoms with Crippen LogP contribution in [0, 0.1) is 24.0 Å². The summed E-state index contributed by atoms with van der Waals surface area (Å²) in [6.07, 6.45) is 0. The van der Waals surface area contributed by atoms with Gasteiger partial charge in [0.15, 0.2) is 10.7 Å². The van der Waals surface area contributed by atoms with Crippen LogP contribution in [0.5, 0.6) is 0 Å². The van der Waals surface area contributed by atoms with Gasteiger partial charge in [-0.15, -0.1) is 0 Å². The molecule has 38 heavy (non-hydrogen) atoms. The maximum atomic E-state index is 12.9. The van der Waals surface area contributed by atoms with Crippen LogP contribution >= 0.6 is 12.2 Å². The predicted molar refractivity (Wildman–Crippen MR) is 149 cm³/mol. The van der Waals surface area contributed by atoms with Gasteiger partial charge in [0.25, 0.3) is 11.6 Å². The second-order valence-electron chi connectivity index (χ2n) is 8.99. The zero-order valence-corrected chi connectivity index (χ0v) is 21.6. The van der Waals surface area contributed by atoms with Crippen molar-refractivity contribution in [1.29, 1.82) is 0 Å². The van der Waals surface area contributed by atoms with Gasteiger partial charge in [0, 0.05) is 36.0 Å². The van der Waals surface area contributed by atoms with E-state index in [0.29, 0.717) is 49.2 Å². The maximum absolute atomic E-state index is 12.9. The molecule has 1 saturated heterocycles. The minimum absolute atomic E-state index is 0.0587. The van der Waals surface area contributed by atoms with E-state index in [0.717, 1.165) is 22.2 Å². The molecule has 11 heteroatoms. The number of thiocarbonyl (C=S) groups is 1. The van der Waals surface area contributed by atoms with E-state index in [9.17, 15) is 14.9 Å². The smallest absolute Gasteiger partial charge is 0.293 e. The Kier molecular flexibility index (Phi) is 7.03. The van der Waals surface area contributed by atoms with Crippen molar-refractivity contribution < 1.29 is 18.9 Å². The van der Waals surface area contributed by atoms with Crippen molar-refractivity contribution in [3.8, 4) is 11.5 Å². The van der Waals surface area contributed by atoms with Crippen molar-refractivity contribution in [2.75, 3.05) is 36.5 Å². The SMILES string of the molecule is Cc1ccc2nc(-c3ccc(C)c(NC(=S)NC(=O)c4ccc(N5CCOCC5)c([N+](=O)[O-])c4)c3)oc2c1. The van der Waals surface area contributed by atoms with Gasteiger partial charge in [-0.05, 0) is 73.6 Å². The van der Waals surface area contributed by atoms with E-state index in [1.807, 2.05) is 55.1 Å². The minimum Gasteiger partial charge on any atom is -0.436 e. The molecule has 2 N–H and O–H groups in total. The normalized spacial score (nSPS) is 13.4. The number of ether oxygens (including phenoxy) is 1. The Hall–Kier alpha value is -4.35. The van der Waals surface area contributed by atoms with Crippen molar-refractivity contribution >= 4 is 51.4 Å². The first-order valence-electron chi connectivity index (χ1n) is 12.0. The largest absolute Gasteiger partial charge is 0.436 e. The minimum atomic E-state index is -0.553. The zero-order chi connectivity index (χ0) is 26.8. The Morgan fingerprint density at radius 2 is 1.87 bits per heavy atom. The molecule has 5 rings (SSSR count). The highest BCUT2D eigenvalue weighted by Crippen LogP contribution is 2.31. The Balaban J connectivity index is 1.31. The topological polar surface area (TPSA) is 123 Å². The number of carbonyl (C=O) groups is 1. The Bertz CT molecular complexity index is 1560. The van der Waals surface area contributed by atoms with Gasteiger partial charge in [-0.2, -0.15) is 0 Å². The average molecular weight is 532 g/mol. The number of aryl methyl sites for hydroxylation is 2. The number of anilines is 2. The maximum Gasteiger partial charge on any atom is 0.293 e. The lowest BCUT2D eigenvalue weighted by atomic mass is 10.1. The summed E-state index contributed by atoms with van der Waals surface area (Å²) < 4.78 is 11.3. The molecule has 10 nitrogen and oxygen atoms in total. The second-order valence-corrected chi connectivity index (χ2v) is 9.40. The summed E-state index contributed by atoms with van der Waals surface area (Å²) in [5.74, 6) is -0.0847. The first kappa shape index (κ1) is 25.3. The van der Waals surface area contributed by atoms with Gasteiger partial charge in [0.2, 0.25) is 5.89 Å². The molecular formula is C27H25N5O5S. The molecule has 4 aromatic rings. The lowest BCUT2D eigenvalue weighted by Crippen LogP contribution is -2.37. The van der Waals surface area contributed by atoms with Gasteiger partial charge >= 0.3 is 0 Å². The summed E-state index contributed by atoms with van der Waals surface area (Å²) >= 11 is 5.37. The molecule has 194 valence electrons. The van der Waals surface area contributed by atoms with E-state index in [2.05, 4.69) is 15.6 Å². The van der Waals surface area contributed by atoms with Gasteiger partial charge in [-0.25, -0.2) is 4.98 Å². The Morgan fingerprint density at radius 1 is 1.08 bits per heavy atom. The molecule has 1 aliphatic rings. The van der Waals surface area contributed by atoms with Gasteiger partial charge in [-0.1, -0.05) is 12.1 Å². The van der Waals surface area contributed by atoms with Crippen molar-refractivity contribution in [3.05, 3.63) is 81.4 Å². The van der Waals surface area contributed by atoms with Crippen molar-refractivity contribution in [2.24, 2.45) is 0 Å². The van der Waals surface area contributed by atoms with Crippen LogP contribution in [-0.2, 0) is 4.74 Å². The lowest BCUT2D eigenvalue weighted by molar-refractivity contribution is -0.384. The number of amides is 1. The number of nitrogens with zero attached hydrogens (tertiary/aromatic N) is 3. The second kappa shape index (κ2) is 10.6. The van der Waals surface area contributed by atoms with E-state index in [1.54, 1.807) is 12.1 Å². The van der Waals surface area contributed by atoms with Crippen molar-refractivity contribution in [3.63, 3.8) is 0 Å². The number of nitro benzene ring substituents is 1. The zero-order valence-electron chi connectivity index (χ0n) is 20.8. The third-order valence-electron chi connectivity index (χ3n) is 6.29. The van der Waals surface area contributed by atoms with Crippen LogP contribution in [0.15, 0.2) is 59.0 Å². The van der Waals surface area contributed by atoms with Crippen LogP contribution < -0.4 is 15.5 Å². The molecular weight excluding hydrogens is 506 g/mol. The quantitative estimate of drug-likeness (QED) is 0.208. The summed E-state index contributed by atoms with van der Waals surface area (Å²) in [6, 6.07) is 15.9. The summed E-state index contributed by atoms with van der Waals surface area (Å²) in [5, 5.41) is 17.4. The first-order chi connectivity index (χ1) is 18.3. The Morgan fingerprint density at radius 3 is 2.63 bits per heavy atom. The van der Waals surface area contributed by atoms with E-state index in [4.69, 9.17) is 21.4 Å². The Labute approximate surface area is 223 Å². The fraction of sp³-hybridized carbons (Fsp3) is 0.222. The van der Waals surface area contributed by atoms with Crippen molar-refractivity contribution in [2.45, 2.75) is 13.8 Å². The van der Waals surface area contributed by atoms with Crippen LogP contribution in [0.4, 0.5) is 17.1 Å². The number of morpholine rings is 1. The molecule has 0 saturated carbocycles. The summed E-state index contributed by atoms with van der Waals surface area (Å²) in [7, 11) is 0. The molecule has 1 aromatic heterocycles. The van der Waals surface area contributed by atoms with E-state index in [-0.39, 0.29) is 16.4 Å². The number of hydrogen-bond donors (Lipinski definition) is 2. The molecule has 2 heterocycles. The number of aromatic nitrogens is 1. The number of nitrogens with one attached hydrogen (secondary N) is 2. The van der Waals surface area contributed by atoms with E-state index >= 15 is 0 Å². The fourth-order valence-electron chi connectivity index (χ4n) is 4.26. The third-order valence-corrected chi connectivity index (χ3v) is 6.49.